The first-order valence-electron chi connectivity index (χ1n) is 9.53. The van der Waals surface area contributed by atoms with Crippen molar-refractivity contribution in [2.75, 3.05) is 4.90 Å². The Labute approximate surface area is 153 Å². The summed E-state index contributed by atoms with van der Waals surface area (Å²) in [6.45, 7) is 8.35. The van der Waals surface area contributed by atoms with Gasteiger partial charge in [0.25, 0.3) is 0 Å². The number of rotatable bonds is 4. The number of nitrogens with zero attached hydrogens (tertiary/aromatic N) is 4. The molecule has 1 aromatic carbocycles. The molecule has 2 aliphatic rings. The Bertz CT molecular complexity index is 979. The fourth-order valence-electron chi connectivity index (χ4n) is 4.17. The van der Waals surface area contributed by atoms with Gasteiger partial charge < -0.3 is 9.42 Å². The fraction of sp³-hybridized carbons (Fsp3) is 0.476. The normalized spacial score (nSPS) is 17.1. The molecule has 2 aliphatic carbocycles. The minimum absolute atomic E-state index is 0.608. The van der Waals surface area contributed by atoms with E-state index in [4.69, 9.17) is 14.5 Å². The third-order valence-electron chi connectivity index (χ3n) is 5.45. The maximum atomic E-state index is 5.85. The maximum Gasteiger partial charge on any atom is 0.228 e. The highest BCUT2D eigenvalue weighted by Crippen LogP contribution is 2.43. The molecule has 134 valence electrons. The number of fused-ring (bicyclic) bond motifs is 1. The van der Waals surface area contributed by atoms with Crippen molar-refractivity contribution < 1.29 is 4.52 Å². The first-order chi connectivity index (χ1) is 12.5. The minimum Gasteiger partial charge on any atom is -0.350 e. The standard InChI is InChI=1S/C21H24N4O/c1-11-9-12(2)17(13(3)10-11)18-19-20(26-24-18)21(23-14(4)22-19)25(15-5-6-15)16-7-8-16/h9-10,15-16H,5-8H2,1-4H3. The van der Waals surface area contributed by atoms with Crippen LogP contribution in [0.25, 0.3) is 22.4 Å². The van der Waals surface area contributed by atoms with Crippen LogP contribution in [-0.4, -0.2) is 27.2 Å². The lowest BCUT2D eigenvalue weighted by Gasteiger charge is -2.23. The molecule has 2 fully saturated rings. The first kappa shape index (κ1) is 15.8. The van der Waals surface area contributed by atoms with Crippen LogP contribution in [0.5, 0.6) is 0 Å². The second-order valence-electron chi connectivity index (χ2n) is 7.95. The SMILES string of the molecule is Cc1cc(C)c(-c2noc3c(N(C4CC4)C4CC4)nc(C)nc23)c(C)c1. The second kappa shape index (κ2) is 5.53. The zero-order valence-corrected chi connectivity index (χ0v) is 15.8. The molecule has 2 heterocycles. The number of aromatic nitrogens is 3. The van der Waals surface area contributed by atoms with Gasteiger partial charge in [0.15, 0.2) is 5.82 Å². The van der Waals surface area contributed by atoms with Gasteiger partial charge in [-0.05, 0) is 64.5 Å². The van der Waals surface area contributed by atoms with E-state index < -0.39 is 0 Å². The van der Waals surface area contributed by atoms with E-state index in [9.17, 15) is 0 Å². The highest BCUT2D eigenvalue weighted by atomic mass is 16.5. The summed E-state index contributed by atoms with van der Waals surface area (Å²) in [6.07, 6.45) is 4.99. The summed E-state index contributed by atoms with van der Waals surface area (Å²) in [5.74, 6) is 1.73. The molecule has 0 unspecified atom stereocenters. The zero-order valence-electron chi connectivity index (χ0n) is 15.8. The monoisotopic (exact) mass is 348 g/mol. The van der Waals surface area contributed by atoms with E-state index in [1.54, 1.807) is 0 Å². The van der Waals surface area contributed by atoms with Crippen molar-refractivity contribution in [3.8, 4) is 11.3 Å². The van der Waals surface area contributed by atoms with Crippen molar-refractivity contribution in [2.45, 2.75) is 65.5 Å². The molecule has 0 saturated heterocycles. The summed E-state index contributed by atoms with van der Waals surface area (Å²) in [7, 11) is 0. The molecule has 0 N–H and O–H groups in total. The lowest BCUT2D eigenvalue weighted by molar-refractivity contribution is 0.457. The Hall–Kier alpha value is -2.43. The van der Waals surface area contributed by atoms with E-state index >= 15 is 0 Å². The van der Waals surface area contributed by atoms with Crippen LogP contribution < -0.4 is 4.90 Å². The Balaban J connectivity index is 1.72. The van der Waals surface area contributed by atoms with Gasteiger partial charge in [-0.2, -0.15) is 0 Å². The minimum atomic E-state index is 0.608. The van der Waals surface area contributed by atoms with Crippen LogP contribution in [0.3, 0.4) is 0 Å². The molecule has 0 bridgehead atoms. The smallest absolute Gasteiger partial charge is 0.228 e. The van der Waals surface area contributed by atoms with E-state index in [0.717, 1.165) is 34.0 Å². The molecule has 2 saturated carbocycles. The van der Waals surface area contributed by atoms with Gasteiger partial charge in [0.1, 0.15) is 17.0 Å². The van der Waals surface area contributed by atoms with E-state index in [0.29, 0.717) is 12.1 Å². The van der Waals surface area contributed by atoms with Gasteiger partial charge in [-0.15, -0.1) is 0 Å². The van der Waals surface area contributed by atoms with Crippen LogP contribution in [0.1, 0.15) is 48.2 Å². The molecular formula is C21H24N4O. The quantitative estimate of drug-likeness (QED) is 0.687. The molecule has 5 rings (SSSR count). The highest BCUT2D eigenvalue weighted by Gasteiger charge is 2.41. The number of hydrogen-bond acceptors (Lipinski definition) is 5. The van der Waals surface area contributed by atoms with Gasteiger partial charge in [-0.25, -0.2) is 9.97 Å². The summed E-state index contributed by atoms with van der Waals surface area (Å²) in [5.41, 5.74) is 7.22. The summed E-state index contributed by atoms with van der Waals surface area (Å²) < 4.78 is 5.85. The summed E-state index contributed by atoms with van der Waals surface area (Å²) in [6, 6.07) is 5.60. The first-order valence-corrected chi connectivity index (χ1v) is 9.53. The van der Waals surface area contributed by atoms with Gasteiger partial charge >= 0.3 is 0 Å². The predicted octanol–water partition coefficient (Wildman–Crippen LogP) is 4.65. The maximum absolute atomic E-state index is 5.85. The number of benzene rings is 1. The molecule has 2 aromatic heterocycles. The second-order valence-corrected chi connectivity index (χ2v) is 7.95. The summed E-state index contributed by atoms with van der Waals surface area (Å²) in [4.78, 5) is 12.0. The van der Waals surface area contributed by atoms with Gasteiger partial charge in [0, 0.05) is 17.6 Å². The number of anilines is 1. The summed E-state index contributed by atoms with van der Waals surface area (Å²) >= 11 is 0. The van der Waals surface area contributed by atoms with E-state index in [2.05, 4.69) is 43.0 Å². The lowest BCUT2D eigenvalue weighted by Crippen LogP contribution is -2.29. The van der Waals surface area contributed by atoms with Crippen LogP contribution >= 0.6 is 0 Å². The fourth-order valence-corrected chi connectivity index (χ4v) is 4.17. The van der Waals surface area contributed by atoms with E-state index in [1.807, 2.05) is 6.92 Å². The topological polar surface area (TPSA) is 55.1 Å². The van der Waals surface area contributed by atoms with Crippen molar-refractivity contribution in [2.24, 2.45) is 0 Å². The van der Waals surface area contributed by atoms with Crippen molar-refractivity contribution in [1.29, 1.82) is 0 Å². The molecule has 5 heteroatoms. The van der Waals surface area contributed by atoms with Crippen LogP contribution in [0.2, 0.25) is 0 Å². The Morgan fingerprint density at radius 1 is 0.923 bits per heavy atom. The third-order valence-corrected chi connectivity index (χ3v) is 5.45. The molecule has 0 spiro atoms. The van der Waals surface area contributed by atoms with Gasteiger partial charge in [0.05, 0.1) is 0 Å². The highest BCUT2D eigenvalue weighted by molar-refractivity contribution is 5.95. The molecule has 3 aromatic rings. The third kappa shape index (κ3) is 2.49. The van der Waals surface area contributed by atoms with Crippen LogP contribution in [0.15, 0.2) is 16.7 Å². The average molecular weight is 348 g/mol. The summed E-state index contributed by atoms with van der Waals surface area (Å²) in [5, 5.41) is 4.46. The van der Waals surface area contributed by atoms with E-state index in [-0.39, 0.29) is 0 Å². The van der Waals surface area contributed by atoms with Crippen molar-refractivity contribution in [3.05, 3.63) is 34.6 Å². The molecular weight excluding hydrogens is 324 g/mol. The molecule has 0 radical (unpaired) electrons. The molecule has 26 heavy (non-hydrogen) atoms. The Kier molecular flexibility index (Phi) is 3.36. The molecule has 5 nitrogen and oxygen atoms in total. The lowest BCUT2D eigenvalue weighted by atomic mass is 9.97. The van der Waals surface area contributed by atoms with Crippen LogP contribution in [-0.2, 0) is 0 Å². The van der Waals surface area contributed by atoms with Crippen molar-refractivity contribution in [3.63, 3.8) is 0 Å². The van der Waals surface area contributed by atoms with Crippen molar-refractivity contribution in [1.82, 2.24) is 15.1 Å². The predicted molar refractivity (Wildman–Crippen MR) is 103 cm³/mol. The van der Waals surface area contributed by atoms with E-state index in [1.165, 1.54) is 42.4 Å². The number of aryl methyl sites for hydroxylation is 4. The van der Waals surface area contributed by atoms with Gasteiger partial charge in [-0.1, -0.05) is 22.9 Å². The number of hydrogen-bond donors (Lipinski definition) is 0. The molecule has 0 amide bonds. The average Bonchev–Trinajstić information content (AvgIpc) is 3.48. The Morgan fingerprint density at radius 3 is 2.12 bits per heavy atom. The van der Waals surface area contributed by atoms with Crippen LogP contribution in [0.4, 0.5) is 5.82 Å². The van der Waals surface area contributed by atoms with Crippen molar-refractivity contribution >= 4 is 16.9 Å². The molecule has 0 aliphatic heterocycles. The molecule has 0 atom stereocenters. The van der Waals surface area contributed by atoms with Gasteiger partial charge in [0.2, 0.25) is 5.58 Å². The Morgan fingerprint density at radius 2 is 1.54 bits per heavy atom. The van der Waals surface area contributed by atoms with Crippen LogP contribution in [0, 0.1) is 27.7 Å². The van der Waals surface area contributed by atoms with Gasteiger partial charge in [-0.3, -0.25) is 0 Å². The zero-order chi connectivity index (χ0) is 18.0. The largest absolute Gasteiger partial charge is 0.350 e.